The van der Waals surface area contributed by atoms with E-state index in [9.17, 15) is 14.4 Å². The minimum atomic E-state index is -0.928. The summed E-state index contributed by atoms with van der Waals surface area (Å²) in [5, 5.41) is 0. The van der Waals surface area contributed by atoms with Crippen LogP contribution in [0.1, 0.15) is 24.5 Å². The molecule has 0 spiro atoms. The summed E-state index contributed by atoms with van der Waals surface area (Å²) in [6, 6.07) is 5.15. The van der Waals surface area contributed by atoms with Crippen LogP contribution in [-0.4, -0.2) is 18.5 Å². The molecule has 0 bridgehead atoms. The Morgan fingerprint density at radius 3 is 2.72 bits per heavy atom. The number of esters is 1. The van der Waals surface area contributed by atoms with Gasteiger partial charge < -0.3 is 4.74 Å². The van der Waals surface area contributed by atoms with Gasteiger partial charge in [-0.3, -0.25) is 9.59 Å². The third kappa shape index (κ3) is 2.09. The molecule has 0 fully saturated rings. The van der Waals surface area contributed by atoms with E-state index in [0.29, 0.717) is 17.7 Å². The van der Waals surface area contributed by atoms with Crippen molar-refractivity contribution in [2.45, 2.75) is 19.8 Å². The van der Waals surface area contributed by atoms with Crippen molar-refractivity contribution in [2.75, 3.05) is 0 Å². The number of ether oxygens (including phenoxy) is 1. The molecule has 1 aromatic rings. The zero-order valence-electron chi connectivity index (χ0n) is 9.93. The number of hydrogen-bond donors (Lipinski definition) is 0. The molecule has 0 N–H and O–H groups in total. The Morgan fingerprint density at radius 1 is 1.28 bits per heavy atom. The number of allylic oxidation sites excluding steroid dienone is 2. The van der Waals surface area contributed by atoms with Gasteiger partial charge in [-0.1, -0.05) is 17.7 Å². The van der Waals surface area contributed by atoms with E-state index in [-0.39, 0.29) is 6.29 Å². The first-order valence-corrected chi connectivity index (χ1v) is 5.61. The SMILES string of the molecule is CC1=C(C=O)c2cccc(OC(=O)C=O)c2CC1. The van der Waals surface area contributed by atoms with Gasteiger partial charge in [0.2, 0.25) is 6.29 Å². The maximum atomic E-state index is 11.1. The lowest BCUT2D eigenvalue weighted by Crippen LogP contribution is -2.13. The molecule has 4 nitrogen and oxygen atoms in total. The molecule has 1 aromatic carbocycles. The Balaban J connectivity index is 2.49. The van der Waals surface area contributed by atoms with Gasteiger partial charge in [0.25, 0.3) is 0 Å². The first-order valence-electron chi connectivity index (χ1n) is 5.61. The van der Waals surface area contributed by atoms with Crippen LogP contribution in [0, 0.1) is 0 Å². The number of aldehydes is 2. The van der Waals surface area contributed by atoms with Crippen LogP contribution in [0.15, 0.2) is 23.8 Å². The zero-order chi connectivity index (χ0) is 13.1. The van der Waals surface area contributed by atoms with Gasteiger partial charge >= 0.3 is 5.97 Å². The molecule has 0 unspecified atom stereocenters. The van der Waals surface area contributed by atoms with E-state index in [1.165, 1.54) is 0 Å². The molecule has 92 valence electrons. The molecule has 0 amide bonds. The molecule has 0 saturated heterocycles. The molecular formula is C14H12O4. The third-order valence-corrected chi connectivity index (χ3v) is 3.06. The maximum Gasteiger partial charge on any atom is 0.376 e. The van der Waals surface area contributed by atoms with Crippen LogP contribution in [-0.2, 0) is 20.8 Å². The van der Waals surface area contributed by atoms with Crippen LogP contribution in [0.2, 0.25) is 0 Å². The topological polar surface area (TPSA) is 60.4 Å². The summed E-state index contributed by atoms with van der Waals surface area (Å²) in [4.78, 5) is 32.4. The summed E-state index contributed by atoms with van der Waals surface area (Å²) in [7, 11) is 0. The highest BCUT2D eigenvalue weighted by Crippen LogP contribution is 2.35. The predicted molar refractivity (Wildman–Crippen MR) is 65.1 cm³/mol. The summed E-state index contributed by atoms with van der Waals surface area (Å²) in [6.45, 7) is 1.91. The predicted octanol–water partition coefficient (Wildman–Crippen LogP) is 1.71. The lowest BCUT2D eigenvalue weighted by Gasteiger charge is -2.20. The average Bonchev–Trinajstić information content (AvgIpc) is 2.38. The first-order chi connectivity index (χ1) is 8.67. The van der Waals surface area contributed by atoms with E-state index in [1.807, 2.05) is 13.0 Å². The molecule has 2 rings (SSSR count). The molecule has 18 heavy (non-hydrogen) atoms. The van der Waals surface area contributed by atoms with E-state index in [2.05, 4.69) is 0 Å². The van der Waals surface area contributed by atoms with Gasteiger partial charge in [0, 0.05) is 11.1 Å². The van der Waals surface area contributed by atoms with Crippen molar-refractivity contribution < 1.29 is 19.1 Å². The number of benzene rings is 1. The second-order valence-electron chi connectivity index (χ2n) is 4.13. The molecule has 0 saturated carbocycles. The summed E-state index contributed by atoms with van der Waals surface area (Å²) < 4.78 is 4.94. The normalized spacial score (nSPS) is 13.8. The maximum absolute atomic E-state index is 11.1. The van der Waals surface area contributed by atoms with E-state index >= 15 is 0 Å². The van der Waals surface area contributed by atoms with Crippen LogP contribution >= 0.6 is 0 Å². The molecule has 0 heterocycles. The van der Waals surface area contributed by atoms with Gasteiger partial charge in [0.05, 0.1) is 0 Å². The van der Waals surface area contributed by atoms with Gasteiger partial charge in [-0.15, -0.1) is 0 Å². The fourth-order valence-electron chi connectivity index (χ4n) is 2.15. The fraction of sp³-hybridized carbons (Fsp3) is 0.214. The molecular weight excluding hydrogens is 232 g/mol. The number of hydrogen-bond acceptors (Lipinski definition) is 4. The minimum absolute atomic E-state index is 0.129. The second-order valence-corrected chi connectivity index (χ2v) is 4.13. The van der Waals surface area contributed by atoms with Crippen LogP contribution in [0.3, 0.4) is 0 Å². The highest BCUT2D eigenvalue weighted by Gasteiger charge is 2.20. The van der Waals surface area contributed by atoms with Gasteiger partial charge in [0.15, 0.2) is 6.29 Å². The largest absolute Gasteiger partial charge is 0.421 e. The lowest BCUT2D eigenvalue weighted by atomic mass is 9.86. The molecule has 4 heteroatoms. The highest BCUT2D eigenvalue weighted by atomic mass is 16.5. The molecule has 0 aromatic heterocycles. The standard InChI is InChI=1S/C14H12O4/c1-9-5-6-11-10(12(9)7-15)3-2-4-13(11)18-14(17)8-16/h2-4,7-8H,5-6H2,1H3. The van der Waals surface area contributed by atoms with Crippen molar-refractivity contribution in [3.63, 3.8) is 0 Å². The molecule has 1 aliphatic carbocycles. The van der Waals surface area contributed by atoms with Crippen molar-refractivity contribution in [2.24, 2.45) is 0 Å². The number of rotatable bonds is 3. The molecule has 0 radical (unpaired) electrons. The van der Waals surface area contributed by atoms with Crippen LogP contribution < -0.4 is 4.74 Å². The van der Waals surface area contributed by atoms with E-state index in [1.54, 1.807) is 12.1 Å². The first kappa shape index (κ1) is 12.2. The monoisotopic (exact) mass is 244 g/mol. The van der Waals surface area contributed by atoms with E-state index in [0.717, 1.165) is 29.4 Å². The minimum Gasteiger partial charge on any atom is -0.421 e. The molecule has 0 atom stereocenters. The summed E-state index contributed by atoms with van der Waals surface area (Å²) in [5.74, 6) is -0.571. The van der Waals surface area contributed by atoms with Gasteiger partial charge in [-0.05, 0) is 31.4 Å². The zero-order valence-corrected chi connectivity index (χ0v) is 9.93. The quantitative estimate of drug-likeness (QED) is 0.351. The summed E-state index contributed by atoms with van der Waals surface area (Å²) >= 11 is 0. The van der Waals surface area contributed by atoms with E-state index < -0.39 is 5.97 Å². The number of carbonyl (C=O) groups is 3. The van der Waals surface area contributed by atoms with Crippen molar-refractivity contribution in [1.29, 1.82) is 0 Å². The number of fused-ring (bicyclic) bond motifs is 1. The molecule has 1 aliphatic rings. The Labute approximate surface area is 104 Å². The Kier molecular flexibility index (Phi) is 3.37. The van der Waals surface area contributed by atoms with Crippen molar-refractivity contribution in [3.8, 4) is 5.75 Å². The van der Waals surface area contributed by atoms with Gasteiger partial charge in [-0.25, -0.2) is 4.79 Å². The Hall–Kier alpha value is -2.23. The van der Waals surface area contributed by atoms with Crippen LogP contribution in [0.5, 0.6) is 5.75 Å². The van der Waals surface area contributed by atoms with Crippen LogP contribution in [0.25, 0.3) is 5.57 Å². The Morgan fingerprint density at radius 2 is 2.06 bits per heavy atom. The third-order valence-electron chi connectivity index (χ3n) is 3.06. The average molecular weight is 244 g/mol. The van der Waals surface area contributed by atoms with Crippen molar-refractivity contribution in [3.05, 3.63) is 34.9 Å². The molecule has 0 aliphatic heterocycles. The lowest BCUT2D eigenvalue weighted by molar-refractivity contribution is -0.141. The smallest absolute Gasteiger partial charge is 0.376 e. The fourth-order valence-corrected chi connectivity index (χ4v) is 2.15. The van der Waals surface area contributed by atoms with Gasteiger partial charge in [-0.2, -0.15) is 0 Å². The summed E-state index contributed by atoms with van der Waals surface area (Å²) in [5.41, 5.74) is 3.25. The Bertz CT molecular complexity index is 555. The highest BCUT2D eigenvalue weighted by molar-refractivity contribution is 6.21. The van der Waals surface area contributed by atoms with Crippen molar-refractivity contribution >= 4 is 24.1 Å². The van der Waals surface area contributed by atoms with Crippen LogP contribution in [0.4, 0.5) is 0 Å². The van der Waals surface area contributed by atoms with Crippen molar-refractivity contribution in [1.82, 2.24) is 0 Å². The number of carbonyl (C=O) groups excluding carboxylic acids is 3. The van der Waals surface area contributed by atoms with E-state index in [4.69, 9.17) is 4.74 Å². The second kappa shape index (κ2) is 4.96. The summed E-state index contributed by atoms with van der Waals surface area (Å²) in [6.07, 6.45) is 2.39. The van der Waals surface area contributed by atoms with Gasteiger partial charge in [0.1, 0.15) is 5.75 Å².